The maximum Gasteiger partial charge on any atom is 0.248 e. The second kappa shape index (κ2) is 10.4. The second-order valence-electron chi connectivity index (χ2n) is 8.08. The normalized spacial score (nSPS) is 13.5. The molecule has 0 aliphatic carbocycles. The van der Waals surface area contributed by atoms with Crippen LogP contribution in [0.1, 0.15) is 51.9 Å². The van der Waals surface area contributed by atoms with Crippen molar-refractivity contribution >= 4 is 5.91 Å². The van der Waals surface area contributed by atoms with Gasteiger partial charge in [0.05, 0.1) is 0 Å². The molecule has 2 rings (SSSR count). The highest BCUT2D eigenvalue weighted by molar-refractivity contribution is 5.93. The van der Waals surface area contributed by atoms with Crippen LogP contribution in [0.5, 0.6) is 0 Å². The lowest BCUT2D eigenvalue weighted by Crippen LogP contribution is -2.40. The number of nitrogens with one attached hydrogen (secondary N) is 1. The van der Waals surface area contributed by atoms with Crippen molar-refractivity contribution in [2.75, 3.05) is 27.2 Å². The minimum absolute atomic E-state index is 0.365. The Morgan fingerprint density at radius 2 is 1.71 bits per heavy atom. The van der Waals surface area contributed by atoms with E-state index >= 15 is 0 Å². The van der Waals surface area contributed by atoms with Crippen molar-refractivity contribution in [3.8, 4) is 0 Å². The molecule has 0 aliphatic rings. The summed E-state index contributed by atoms with van der Waals surface area (Å²) in [6, 6.07) is 14.9. The van der Waals surface area contributed by atoms with E-state index in [9.17, 15) is 4.79 Å². The molecule has 28 heavy (non-hydrogen) atoms. The van der Waals surface area contributed by atoms with Crippen molar-refractivity contribution in [2.45, 2.75) is 45.6 Å². The van der Waals surface area contributed by atoms with Crippen LogP contribution in [0.2, 0.25) is 0 Å². The molecule has 0 heterocycles. The summed E-state index contributed by atoms with van der Waals surface area (Å²) in [5, 5.41) is 3.64. The molecule has 2 aromatic rings. The zero-order valence-corrected chi connectivity index (χ0v) is 18.0. The topological polar surface area (TPSA) is 58.4 Å². The summed E-state index contributed by atoms with van der Waals surface area (Å²) >= 11 is 0. The molecule has 0 bridgehead atoms. The van der Waals surface area contributed by atoms with E-state index in [2.05, 4.69) is 75.4 Å². The summed E-state index contributed by atoms with van der Waals surface area (Å²) in [5.74, 6) is 0.188. The number of primary amides is 1. The quantitative estimate of drug-likeness (QED) is 0.618. The Labute approximate surface area is 170 Å². The average molecular weight is 382 g/mol. The molecule has 1 amide bonds. The van der Waals surface area contributed by atoms with E-state index in [1.54, 1.807) is 0 Å². The number of likely N-dealkylation sites (N-methyl/N-ethyl adjacent to an activating group) is 1. The fourth-order valence-electron chi connectivity index (χ4n) is 3.67. The highest BCUT2D eigenvalue weighted by Gasteiger charge is 2.16. The minimum atomic E-state index is -0.365. The van der Waals surface area contributed by atoms with Crippen LogP contribution < -0.4 is 11.1 Å². The van der Waals surface area contributed by atoms with Gasteiger partial charge in [0, 0.05) is 18.2 Å². The molecule has 0 fully saturated rings. The fourth-order valence-corrected chi connectivity index (χ4v) is 3.67. The molecule has 4 heteroatoms. The molecule has 2 aromatic carbocycles. The first kappa shape index (κ1) is 22.1. The molecule has 2 atom stereocenters. The van der Waals surface area contributed by atoms with Crippen LogP contribution in [0.4, 0.5) is 0 Å². The maximum atomic E-state index is 11.5. The number of rotatable bonds is 10. The molecule has 152 valence electrons. The Morgan fingerprint density at radius 3 is 2.25 bits per heavy atom. The molecule has 0 saturated heterocycles. The monoisotopic (exact) mass is 381 g/mol. The van der Waals surface area contributed by atoms with Gasteiger partial charge in [-0.05, 0) is 87.6 Å². The van der Waals surface area contributed by atoms with Crippen LogP contribution in [0, 0.1) is 13.8 Å². The first-order valence-electron chi connectivity index (χ1n) is 10.1. The van der Waals surface area contributed by atoms with E-state index in [-0.39, 0.29) is 5.91 Å². The molecule has 4 nitrogen and oxygen atoms in total. The molecule has 0 unspecified atom stereocenters. The Morgan fingerprint density at radius 1 is 1.11 bits per heavy atom. The lowest BCUT2D eigenvalue weighted by Gasteiger charge is -2.27. The van der Waals surface area contributed by atoms with Gasteiger partial charge in [0.2, 0.25) is 5.91 Å². The molecular formula is C24H35N3O. The first-order valence-corrected chi connectivity index (χ1v) is 10.1. The van der Waals surface area contributed by atoms with Crippen LogP contribution in [0.3, 0.4) is 0 Å². The van der Waals surface area contributed by atoms with Gasteiger partial charge < -0.3 is 16.0 Å². The van der Waals surface area contributed by atoms with E-state index in [0.29, 0.717) is 17.5 Å². The van der Waals surface area contributed by atoms with Gasteiger partial charge in [-0.2, -0.15) is 0 Å². The second-order valence-corrected chi connectivity index (χ2v) is 8.08. The number of nitrogens with zero attached hydrogens (tertiary/aromatic N) is 1. The largest absolute Gasteiger partial charge is 0.366 e. The number of carbonyl (C=O) groups is 1. The molecule has 0 aromatic heterocycles. The molecule has 0 saturated carbocycles. The summed E-state index contributed by atoms with van der Waals surface area (Å²) in [4.78, 5) is 13.8. The summed E-state index contributed by atoms with van der Waals surface area (Å²) in [7, 11) is 4.25. The Hall–Kier alpha value is -2.17. The van der Waals surface area contributed by atoms with Crippen LogP contribution in [-0.4, -0.2) is 44.0 Å². The zero-order chi connectivity index (χ0) is 20.7. The SMILES string of the molecule is Cc1cc(C(N)=O)cc(C)c1C[C@@H](CNCC[C@@H](C)c1ccccc1)N(C)C. The Bertz CT molecular complexity index is 748. The summed E-state index contributed by atoms with van der Waals surface area (Å²) in [5.41, 5.74) is 11.0. The molecule has 0 radical (unpaired) electrons. The number of amides is 1. The van der Waals surface area contributed by atoms with Gasteiger partial charge >= 0.3 is 0 Å². The van der Waals surface area contributed by atoms with Crippen molar-refractivity contribution in [3.05, 3.63) is 70.3 Å². The highest BCUT2D eigenvalue weighted by Crippen LogP contribution is 2.20. The van der Waals surface area contributed by atoms with Gasteiger partial charge in [0.15, 0.2) is 0 Å². The van der Waals surface area contributed by atoms with Gasteiger partial charge in [-0.15, -0.1) is 0 Å². The van der Waals surface area contributed by atoms with E-state index in [1.807, 2.05) is 12.1 Å². The van der Waals surface area contributed by atoms with Crippen LogP contribution in [0.15, 0.2) is 42.5 Å². The first-order chi connectivity index (χ1) is 13.3. The fraction of sp³-hybridized carbons (Fsp3) is 0.458. The number of benzene rings is 2. The van der Waals surface area contributed by atoms with Crippen molar-refractivity contribution in [2.24, 2.45) is 5.73 Å². The van der Waals surface area contributed by atoms with Gasteiger partial charge in [0.25, 0.3) is 0 Å². The summed E-state index contributed by atoms with van der Waals surface area (Å²) < 4.78 is 0. The van der Waals surface area contributed by atoms with Crippen molar-refractivity contribution in [1.82, 2.24) is 10.2 Å². The molecule has 0 spiro atoms. The molecule has 3 N–H and O–H groups in total. The number of carbonyl (C=O) groups excluding carboxylic acids is 1. The Balaban J connectivity index is 1.93. The van der Waals surface area contributed by atoms with E-state index in [1.165, 1.54) is 11.1 Å². The van der Waals surface area contributed by atoms with E-state index < -0.39 is 0 Å². The van der Waals surface area contributed by atoms with Crippen LogP contribution >= 0.6 is 0 Å². The Kier molecular flexibility index (Phi) is 8.21. The standard InChI is InChI=1S/C24H35N3O/c1-17(20-9-7-6-8-10-20)11-12-26-16-22(27(4)5)15-23-18(2)13-21(24(25)28)14-19(23)3/h6-10,13-14,17,22,26H,11-12,15-16H2,1-5H3,(H2,25,28)/t17-,22+/m1/s1. The van der Waals surface area contributed by atoms with Crippen molar-refractivity contribution in [1.29, 1.82) is 0 Å². The average Bonchev–Trinajstić information content (AvgIpc) is 2.66. The smallest absolute Gasteiger partial charge is 0.248 e. The predicted octanol–water partition coefficient (Wildman–Crippen LogP) is 3.66. The van der Waals surface area contributed by atoms with Crippen LogP contribution in [0.25, 0.3) is 0 Å². The minimum Gasteiger partial charge on any atom is -0.366 e. The third-order valence-corrected chi connectivity index (χ3v) is 5.65. The number of hydrogen-bond acceptors (Lipinski definition) is 3. The van der Waals surface area contributed by atoms with Crippen molar-refractivity contribution < 1.29 is 4.79 Å². The number of aryl methyl sites for hydroxylation is 2. The zero-order valence-electron chi connectivity index (χ0n) is 18.0. The number of nitrogens with two attached hydrogens (primary N) is 1. The third kappa shape index (κ3) is 6.18. The predicted molar refractivity (Wildman–Crippen MR) is 118 cm³/mol. The maximum absolute atomic E-state index is 11.5. The lowest BCUT2D eigenvalue weighted by molar-refractivity contribution is 0.1000. The van der Waals surface area contributed by atoms with Gasteiger partial charge in [-0.25, -0.2) is 0 Å². The van der Waals surface area contributed by atoms with Gasteiger partial charge in [-0.3, -0.25) is 4.79 Å². The molecule has 0 aliphatic heterocycles. The summed E-state index contributed by atoms with van der Waals surface area (Å²) in [6.45, 7) is 8.35. The summed E-state index contributed by atoms with van der Waals surface area (Å²) in [6.07, 6.45) is 2.07. The van der Waals surface area contributed by atoms with E-state index in [0.717, 1.165) is 37.1 Å². The van der Waals surface area contributed by atoms with Crippen molar-refractivity contribution in [3.63, 3.8) is 0 Å². The lowest BCUT2D eigenvalue weighted by atomic mass is 9.93. The third-order valence-electron chi connectivity index (χ3n) is 5.65. The van der Waals surface area contributed by atoms with Gasteiger partial charge in [-0.1, -0.05) is 37.3 Å². The molecular weight excluding hydrogens is 346 g/mol. The number of hydrogen-bond donors (Lipinski definition) is 2. The van der Waals surface area contributed by atoms with E-state index in [4.69, 9.17) is 5.73 Å². The van der Waals surface area contributed by atoms with Gasteiger partial charge in [0.1, 0.15) is 0 Å². The highest BCUT2D eigenvalue weighted by atomic mass is 16.1. The van der Waals surface area contributed by atoms with Crippen LogP contribution in [-0.2, 0) is 6.42 Å².